The van der Waals surface area contributed by atoms with E-state index in [-0.39, 0.29) is 30.0 Å². The molecule has 100 valence electrons. The molecule has 0 spiro atoms. The van der Waals surface area contributed by atoms with Crippen LogP contribution >= 0.6 is 11.6 Å². The highest BCUT2D eigenvalue weighted by Gasteiger charge is 2.28. The minimum atomic E-state index is -0.722. The highest BCUT2D eigenvalue weighted by molar-refractivity contribution is 6.31. The van der Waals surface area contributed by atoms with Gasteiger partial charge < -0.3 is 11.1 Å². The lowest BCUT2D eigenvalue weighted by atomic mass is 10.1. The van der Waals surface area contributed by atoms with Crippen LogP contribution in [0.1, 0.15) is 23.2 Å². The van der Waals surface area contributed by atoms with Crippen LogP contribution in [0.3, 0.4) is 0 Å². The molecular formula is C12H12ClN3O3. The van der Waals surface area contributed by atoms with E-state index in [1.54, 1.807) is 0 Å². The summed E-state index contributed by atoms with van der Waals surface area (Å²) in [6.45, 7) is 0. The number of rotatable bonds is 2. The van der Waals surface area contributed by atoms with Crippen LogP contribution < -0.4 is 16.4 Å². The molecule has 1 atom stereocenters. The first-order valence-electron chi connectivity index (χ1n) is 5.67. The van der Waals surface area contributed by atoms with Gasteiger partial charge in [-0.15, -0.1) is 0 Å². The van der Waals surface area contributed by atoms with Gasteiger partial charge in [-0.05, 0) is 24.6 Å². The monoisotopic (exact) mass is 281 g/mol. The number of nitrogen functional groups attached to an aromatic ring is 1. The van der Waals surface area contributed by atoms with Crippen molar-refractivity contribution in [3.05, 3.63) is 28.8 Å². The van der Waals surface area contributed by atoms with Gasteiger partial charge in [-0.25, -0.2) is 0 Å². The Labute approximate surface area is 114 Å². The molecule has 1 unspecified atom stereocenters. The number of hydrogen-bond acceptors (Lipinski definition) is 4. The third kappa shape index (κ3) is 3.03. The Morgan fingerprint density at radius 1 is 1.42 bits per heavy atom. The molecule has 0 radical (unpaired) electrons. The molecule has 1 heterocycles. The van der Waals surface area contributed by atoms with E-state index in [1.165, 1.54) is 18.2 Å². The van der Waals surface area contributed by atoms with Gasteiger partial charge in [0.2, 0.25) is 11.8 Å². The van der Waals surface area contributed by atoms with Crippen LogP contribution in [0.2, 0.25) is 5.02 Å². The summed E-state index contributed by atoms with van der Waals surface area (Å²) < 4.78 is 0. The fourth-order valence-corrected chi connectivity index (χ4v) is 1.99. The molecule has 3 amide bonds. The molecule has 0 saturated carbocycles. The molecule has 1 aromatic rings. The Morgan fingerprint density at radius 3 is 2.79 bits per heavy atom. The van der Waals surface area contributed by atoms with Crippen LogP contribution in [-0.4, -0.2) is 23.8 Å². The predicted octanol–water partition coefficient (Wildman–Crippen LogP) is 0.457. The van der Waals surface area contributed by atoms with E-state index in [9.17, 15) is 14.4 Å². The van der Waals surface area contributed by atoms with Crippen LogP contribution in [0.5, 0.6) is 0 Å². The number of benzene rings is 1. The van der Waals surface area contributed by atoms with Crippen molar-refractivity contribution in [2.24, 2.45) is 0 Å². The number of anilines is 1. The van der Waals surface area contributed by atoms with Crippen molar-refractivity contribution < 1.29 is 14.4 Å². The van der Waals surface area contributed by atoms with E-state index >= 15 is 0 Å². The Kier molecular flexibility index (Phi) is 3.71. The number of carbonyl (C=O) groups excluding carboxylic acids is 3. The van der Waals surface area contributed by atoms with Crippen molar-refractivity contribution in [1.82, 2.24) is 10.6 Å². The Hall–Kier alpha value is -2.08. The quantitative estimate of drug-likeness (QED) is 0.541. The fourth-order valence-electron chi connectivity index (χ4n) is 1.81. The second-order valence-corrected chi connectivity index (χ2v) is 4.65. The number of hydrogen-bond donors (Lipinski definition) is 3. The van der Waals surface area contributed by atoms with Gasteiger partial charge in [0.25, 0.3) is 5.91 Å². The molecule has 0 bridgehead atoms. The Bertz CT molecular complexity index is 559. The lowest BCUT2D eigenvalue weighted by Gasteiger charge is -2.22. The topological polar surface area (TPSA) is 101 Å². The second-order valence-electron chi connectivity index (χ2n) is 4.21. The number of halogens is 1. The average Bonchev–Trinajstić information content (AvgIpc) is 2.32. The maximum Gasteiger partial charge on any atom is 0.254 e. The minimum Gasteiger partial charge on any atom is -0.398 e. The van der Waals surface area contributed by atoms with Gasteiger partial charge in [-0.1, -0.05) is 11.6 Å². The second kappa shape index (κ2) is 5.27. The van der Waals surface area contributed by atoms with E-state index in [0.29, 0.717) is 5.02 Å². The van der Waals surface area contributed by atoms with Gasteiger partial charge in [-0.3, -0.25) is 19.7 Å². The third-order valence-electron chi connectivity index (χ3n) is 2.80. The lowest BCUT2D eigenvalue weighted by molar-refractivity contribution is -0.134. The van der Waals surface area contributed by atoms with Gasteiger partial charge in [0.15, 0.2) is 0 Å². The highest BCUT2D eigenvalue weighted by Crippen LogP contribution is 2.18. The first kappa shape index (κ1) is 13.4. The highest BCUT2D eigenvalue weighted by atomic mass is 35.5. The van der Waals surface area contributed by atoms with Crippen molar-refractivity contribution in [1.29, 1.82) is 0 Å². The fraction of sp³-hybridized carbons (Fsp3) is 0.250. The maximum atomic E-state index is 12.0. The summed E-state index contributed by atoms with van der Waals surface area (Å²) in [5.74, 6) is -1.30. The molecule has 1 fully saturated rings. The predicted molar refractivity (Wildman–Crippen MR) is 69.5 cm³/mol. The summed E-state index contributed by atoms with van der Waals surface area (Å²) in [7, 11) is 0. The van der Waals surface area contributed by atoms with Crippen molar-refractivity contribution in [3.63, 3.8) is 0 Å². The summed E-state index contributed by atoms with van der Waals surface area (Å²) in [5.41, 5.74) is 6.16. The van der Waals surface area contributed by atoms with Gasteiger partial charge in [-0.2, -0.15) is 0 Å². The average molecular weight is 282 g/mol. The number of imide groups is 1. The third-order valence-corrected chi connectivity index (χ3v) is 3.04. The smallest absolute Gasteiger partial charge is 0.254 e. The first-order valence-corrected chi connectivity index (χ1v) is 6.05. The van der Waals surface area contributed by atoms with Crippen molar-refractivity contribution in [2.45, 2.75) is 18.9 Å². The molecule has 0 aromatic heterocycles. The summed E-state index contributed by atoms with van der Waals surface area (Å²) in [5, 5.41) is 5.13. The number of amides is 3. The summed E-state index contributed by atoms with van der Waals surface area (Å²) in [6.07, 6.45) is 0.483. The van der Waals surface area contributed by atoms with Gasteiger partial charge >= 0.3 is 0 Å². The van der Waals surface area contributed by atoms with E-state index in [4.69, 9.17) is 17.3 Å². The SMILES string of the molecule is Nc1cc(Cl)ccc1C(=O)NC1CCC(=O)NC1=O. The normalized spacial score (nSPS) is 18.9. The maximum absolute atomic E-state index is 12.0. The molecule has 1 aliphatic rings. The van der Waals surface area contributed by atoms with Gasteiger partial charge in [0.05, 0.1) is 5.56 Å². The van der Waals surface area contributed by atoms with E-state index in [2.05, 4.69) is 10.6 Å². The number of nitrogens with two attached hydrogens (primary N) is 1. The number of carbonyl (C=O) groups is 3. The standard InChI is InChI=1S/C12H12ClN3O3/c13-6-1-2-7(8(14)5-6)11(18)15-9-3-4-10(17)16-12(9)19/h1-2,5,9H,3-4,14H2,(H,15,18)(H,16,17,19). The zero-order valence-corrected chi connectivity index (χ0v) is 10.7. The van der Waals surface area contributed by atoms with Gasteiger partial charge in [0.1, 0.15) is 6.04 Å². The molecular weight excluding hydrogens is 270 g/mol. The van der Waals surface area contributed by atoms with Crippen LogP contribution in [0.4, 0.5) is 5.69 Å². The lowest BCUT2D eigenvalue weighted by Crippen LogP contribution is -2.52. The molecule has 6 nitrogen and oxygen atoms in total. The molecule has 1 saturated heterocycles. The molecule has 0 aliphatic carbocycles. The first-order chi connectivity index (χ1) is 8.97. The molecule has 19 heavy (non-hydrogen) atoms. The van der Waals surface area contributed by atoms with Crippen molar-refractivity contribution in [2.75, 3.05) is 5.73 Å². The van der Waals surface area contributed by atoms with Crippen LogP contribution in [0, 0.1) is 0 Å². The molecule has 1 aliphatic heterocycles. The molecule has 4 N–H and O–H groups in total. The van der Waals surface area contributed by atoms with E-state index in [1.807, 2.05) is 0 Å². The summed E-state index contributed by atoms with van der Waals surface area (Å²) in [6, 6.07) is 3.76. The largest absolute Gasteiger partial charge is 0.398 e. The number of nitrogens with one attached hydrogen (secondary N) is 2. The summed E-state index contributed by atoms with van der Waals surface area (Å²) >= 11 is 5.74. The Balaban J connectivity index is 2.09. The number of piperidine rings is 1. The zero-order chi connectivity index (χ0) is 14.0. The van der Waals surface area contributed by atoms with Crippen molar-refractivity contribution >= 4 is 35.0 Å². The van der Waals surface area contributed by atoms with Gasteiger partial charge in [0, 0.05) is 17.1 Å². The van der Waals surface area contributed by atoms with Crippen molar-refractivity contribution in [3.8, 4) is 0 Å². The van der Waals surface area contributed by atoms with Crippen LogP contribution in [0.25, 0.3) is 0 Å². The molecule has 2 rings (SSSR count). The Morgan fingerprint density at radius 2 is 2.16 bits per heavy atom. The molecule has 7 heteroatoms. The van der Waals surface area contributed by atoms with Crippen LogP contribution in [-0.2, 0) is 9.59 Å². The van der Waals surface area contributed by atoms with E-state index in [0.717, 1.165) is 0 Å². The van der Waals surface area contributed by atoms with Crippen LogP contribution in [0.15, 0.2) is 18.2 Å². The molecule has 1 aromatic carbocycles. The zero-order valence-electron chi connectivity index (χ0n) is 9.90. The minimum absolute atomic E-state index is 0.201. The summed E-state index contributed by atoms with van der Waals surface area (Å²) in [4.78, 5) is 34.5. The van der Waals surface area contributed by atoms with E-state index < -0.39 is 17.9 Å².